The number of carbonyl (C=O) groups excluding carboxylic acids is 1. The third kappa shape index (κ3) is 5.26. The van der Waals surface area contributed by atoms with E-state index in [2.05, 4.69) is 5.32 Å². The molecule has 0 aliphatic rings. The average Bonchev–Trinajstić information content (AvgIpc) is 2.27. The van der Waals surface area contributed by atoms with E-state index < -0.39 is 17.5 Å². The van der Waals surface area contributed by atoms with Crippen molar-refractivity contribution in [3.63, 3.8) is 0 Å². The summed E-state index contributed by atoms with van der Waals surface area (Å²) in [5.41, 5.74) is -0.169. The minimum atomic E-state index is -0.619. The van der Waals surface area contributed by atoms with E-state index in [1.807, 2.05) is 0 Å². The molecule has 0 saturated heterocycles. The van der Waals surface area contributed by atoms with Crippen LogP contribution in [0.4, 0.5) is 9.18 Å². The van der Waals surface area contributed by atoms with E-state index >= 15 is 0 Å². The lowest BCUT2D eigenvalue weighted by Gasteiger charge is -2.19. The highest BCUT2D eigenvalue weighted by molar-refractivity contribution is 6.30. The first kappa shape index (κ1) is 15.4. The molecule has 0 atom stereocenters. The van der Waals surface area contributed by atoms with Crippen LogP contribution >= 0.6 is 11.6 Å². The van der Waals surface area contributed by atoms with Gasteiger partial charge < -0.3 is 15.5 Å². The molecule has 4 nitrogen and oxygen atoms in total. The van der Waals surface area contributed by atoms with Crippen LogP contribution in [0.2, 0.25) is 5.02 Å². The Balaban J connectivity index is 2.56. The molecule has 6 heteroatoms. The Morgan fingerprint density at radius 2 is 2.11 bits per heavy atom. The molecule has 19 heavy (non-hydrogen) atoms. The second-order valence-corrected chi connectivity index (χ2v) is 5.37. The maximum absolute atomic E-state index is 13.2. The zero-order chi connectivity index (χ0) is 14.6. The van der Waals surface area contributed by atoms with Crippen molar-refractivity contribution in [2.75, 3.05) is 6.54 Å². The number of benzene rings is 1. The third-order valence-corrected chi connectivity index (χ3v) is 2.38. The smallest absolute Gasteiger partial charge is 0.407 e. The van der Waals surface area contributed by atoms with E-state index in [4.69, 9.17) is 21.7 Å². The summed E-state index contributed by atoms with van der Waals surface area (Å²) in [4.78, 5) is 11.4. The van der Waals surface area contributed by atoms with Crippen molar-refractivity contribution in [1.82, 2.24) is 5.32 Å². The van der Waals surface area contributed by atoms with E-state index in [0.29, 0.717) is 5.56 Å². The lowest BCUT2D eigenvalue weighted by atomic mass is 10.1. The normalized spacial score (nSPS) is 11.0. The molecule has 0 fully saturated rings. The number of halogens is 2. The fraction of sp³-hybridized carbons (Fsp3) is 0.385. The lowest BCUT2D eigenvalue weighted by Crippen LogP contribution is -2.35. The summed E-state index contributed by atoms with van der Waals surface area (Å²) in [7, 11) is 0. The monoisotopic (exact) mass is 286 g/mol. The van der Waals surface area contributed by atoms with Crippen LogP contribution in [0, 0.1) is 11.2 Å². The molecule has 104 valence electrons. The van der Waals surface area contributed by atoms with Crippen molar-refractivity contribution in [2.24, 2.45) is 0 Å². The number of nitrogens with one attached hydrogen (secondary N) is 2. The summed E-state index contributed by atoms with van der Waals surface area (Å²) in [6.45, 7) is 5.18. The molecule has 0 unspecified atom stereocenters. The molecule has 1 rings (SSSR count). The Bertz CT molecular complexity index is 498. The van der Waals surface area contributed by atoms with Crippen LogP contribution in [-0.4, -0.2) is 24.0 Å². The fourth-order valence-corrected chi connectivity index (χ4v) is 1.38. The number of amides is 1. The molecular weight excluding hydrogens is 271 g/mol. The summed E-state index contributed by atoms with van der Waals surface area (Å²) in [5, 5.41) is 10.2. The SMILES string of the molecule is CC(C)(C)OC(=O)NCC(=N)c1ccc(Cl)c(F)c1. The minimum Gasteiger partial charge on any atom is -0.444 e. The maximum atomic E-state index is 13.2. The Morgan fingerprint density at radius 3 is 2.63 bits per heavy atom. The first-order chi connectivity index (χ1) is 8.69. The van der Waals surface area contributed by atoms with Gasteiger partial charge in [0.25, 0.3) is 0 Å². The average molecular weight is 287 g/mol. The van der Waals surface area contributed by atoms with Gasteiger partial charge in [0.2, 0.25) is 0 Å². The first-order valence-electron chi connectivity index (χ1n) is 5.69. The van der Waals surface area contributed by atoms with E-state index in [9.17, 15) is 9.18 Å². The van der Waals surface area contributed by atoms with Gasteiger partial charge in [-0.15, -0.1) is 0 Å². The van der Waals surface area contributed by atoms with Crippen LogP contribution < -0.4 is 5.32 Å². The van der Waals surface area contributed by atoms with Gasteiger partial charge in [-0.05, 0) is 32.9 Å². The van der Waals surface area contributed by atoms with Crippen LogP contribution in [0.1, 0.15) is 26.3 Å². The van der Waals surface area contributed by atoms with Crippen LogP contribution in [0.15, 0.2) is 18.2 Å². The van der Waals surface area contributed by atoms with Crippen LogP contribution in [0.3, 0.4) is 0 Å². The molecule has 1 aromatic rings. The van der Waals surface area contributed by atoms with Gasteiger partial charge >= 0.3 is 6.09 Å². The number of rotatable bonds is 3. The molecule has 0 aliphatic heterocycles. The maximum Gasteiger partial charge on any atom is 0.407 e. The molecule has 0 heterocycles. The largest absolute Gasteiger partial charge is 0.444 e. The summed E-state index contributed by atoms with van der Waals surface area (Å²) in [6, 6.07) is 4.04. The van der Waals surface area contributed by atoms with E-state index in [1.54, 1.807) is 20.8 Å². The molecule has 0 bridgehead atoms. The molecular formula is C13H16ClFN2O2. The highest BCUT2D eigenvalue weighted by Gasteiger charge is 2.16. The number of ether oxygens (including phenoxy) is 1. The highest BCUT2D eigenvalue weighted by Crippen LogP contribution is 2.15. The summed E-state index contributed by atoms with van der Waals surface area (Å²) in [6.07, 6.45) is -0.619. The Kier molecular flexibility index (Phi) is 4.89. The van der Waals surface area contributed by atoms with Gasteiger partial charge in [-0.3, -0.25) is 0 Å². The number of carbonyl (C=O) groups is 1. The molecule has 0 aliphatic carbocycles. The first-order valence-corrected chi connectivity index (χ1v) is 6.06. The van der Waals surface area contributed by atoms with Gasteiger partial charge in [0.15, 0.2) is 0 Å². The Labute approximate surface area is 116 Å². The molecule has 1 aromatic carbocycles. The van der Waals surface area contributed by atoms with Gasteiger partial charge in [-0.2, -0.15) is 0 Å². The predicted octanol–water partition coefficient (Wildman–Crippen LogP) is 3.37. The van der Waals surface area contributed by atoms with Gasteiger partial charge in [0, 0.05) is 5.56 Å². The molecule has 0 aromatic heterocycles. The summed E-state index contributed by atoms with van der Waals surface area (Å²) < 4.78 is 18.2. The molecule has 0 saturated carbocycles. The van der Waals surface area contributed by atoms with Gasteiger partial charge in [0.05, 0.1) is 17.3 Å². The topological polar surface area (TPSA) is 62.2 Å². The number of hydrogen-bond donors (Lipinski definition) is 2. The number of alkyl carbamates (subject to hydrolysis) is 1. The van der Waals surface area contributed by atoms with Crippen LogP contribution in [-0.2, 0) is 4.74 Å². The van der Waals surface area contributed by atoms with Crippen molar-refractivity contribution in [3.8, 4) is 0 Å². The van der Waals surface area contributed by atoms with Crippen molar-refractivity contribution in [1.29, 1.82) is 5.41 Å². The van der Waals surface area contributed by atoms with Crippen molar-refractivity contribution in [2.45, 2.75) is 26.4 Å². The molecule has 2 N–H and O–H groups in total. The van der Waals surface area contributed by atoms with Crippen molar-refractivity contribution >= 4 is 23.4 Å². The highest BCUT2D eigenvalue weighted by atomic mass is 35.5. The third-order valence-electron chi connectivity index (χ3n) is 2.08. The second-order valence-electron chi connectivity index (χ2n) is 4.96. The lowest BCUT2D eigenvalue weighted by molar-refractivity contribution is 0.0536. The zero-order valence-electron chi connectivity index (χ0n) is 11.0. The Morgan fingerprint density at radius 1 is 1.47 bits per heavy atom. The van der Waals surface area contributed by atoms with Crippen molar-refractivity contribution in [3.05, 3.63) is 34.6 Å². The molecule has 0 radical (unpaired) electrons. The molecule has 1 amide bonds. The van der Waals surface area contributed by atoms with Gasteiger partial charge in [-0.1, -0.05) is 17.7 Å². The minimum absolute atomic E-state index is 0.00310. The van der Waals surface area contributed by atoms with Gasteiger partial charge in [0.1, 0.15) is 11.4 Å². The van der Waals surface area contributed by atoms with Crippen molar-refractivity contribution < 1.29 is 13.9 Å². The quantitative estimate of drug-likeness (QED) is 0.837. The predicted molar refractivity (Wildman–Crippen MR) is 72.5 cm³/mol. The fourth-order valence-electron chi connectivity index (χ4n) is 1.26. The number of hydrogen-bond acceptors (Lipinski definition) is 3. The summed E-state index contributed by atoms with van der Waals surface area (Å²) in [5.74, 6) is -0.596. The summed E-state index contributed by atoms with van der Waals surface area (Å²) >= 11 is 5.55. The second kappa shape index (κ2) is 6.02. The van der Waals surface area contributed by atoms with E-state index in [-0.39, 0.29) is 17.3 Å². The Hall–Kier alpha value is -1.62. The zero-order valence-corrected chi connectivity index (χ0v) is 11.8. The van der Waals surface area contributed by atoms with E-state index in [1.165, 1.54) is 12.1 Å². The van der Waals surface area contributed by atoms with E-state index in [0.717, 1.165) is 6.07 Å². The van der Waals surface area contributed by atoms with Gasteiger partial charge in [-0.25, -0.2) is 9.18 Å². The van der Waals surface area contributed by atoms with Crippen LogP contribution in [0.5, 0.6) is 0 Å². The standard InChI is InChI=1S/C13H16ClFN2O2/c1-13(2,3)19-12(18)17-7-11(16)8-4-5-9(14)10(15)6-8/h4-6,16H,7H2,1-3H3,(H,17,18). The molecule has 0 spiro atoms. The van der Waals surface area contributed by atoms with Crippen LogP contribution in [0.25, 0.3) is 0 Å².